The Kier molecular flexibility index (Phi) is 4.73. The number of hydrogen-bond acceptors (Lipinski definition) is 4. The summed E-state index contributed by atoms with van der Waals surface area (Å²) in [5, 5.41) is 0. The van der Waals surface area contributed by atoms with Gasteiger partial charge >= 0.3 is 11.8 Å². The third kappa shape index (κ3) is 4.47. The minimum Gasteiger partial charge on any atom is -0.444 e. The third-order valence-corrected chi connectivity index (χ3v) is 3.62. The molecule has 22 heavy (non-hydrogen) atoms. The van der Waals surface area contributed by atoms with Crippen LogP contribution in [0.5, 0.6) is 0 Å². The number of aromatic amines is 1. The summed E-state index contributed by atoms with van der Waals surface area (Å²) in [6, 6.07) is 1.34. The van der Waals surface area contributed by atoms with E-state index in [2.05, 4.69) is 4.98 Å². The van der Waals surface area contributed by atoms with E-state index >= 15 is 0 Å². The zero-order chi connectivity index (χ0) is 16.3. The van der Waals surface area contributed by atoms with Crippen LogP contribution in [-0.4, -0.2) is 39.2 Å². The highest BCUT2D eigenvalue weighted by Gasteiger charge is 2.27. The molecular formula is C15H23N3O4. The van der Waals surface area contributed by atoms with Crippen LogP contribution in [0.2, 0.25) is 0 Å². The van der Waals surface area contributed by atoms with Crippen molar-refractivity contribution in [2.45, 2.75) is 45.8 Å². The Balaban J connectivity index is 1.88. The molecule has 0 aliphatic carbocycles. The van der Waals surface area contributed by atoms with Crippen molar-refractivity contribution in [1.29, 1.82) is 0 Å². The Hall–Kier alpha value is -2.05. The maximum Gasteiger partial charge on any atom is 0.410 e. The minimum atomic E-state index is -0.489. The van der Waals surface area contributed by atoms with E-state index in [0.717, 1.165) is 12.8 Å². The van der Waals surface area contributed by atoms with Crippen LogP contribution in [0.25, 0.3) is 0 Å². The number of nitrogens with one attached hydrogen (secondary N) is 1. The monoisotopic (exact) mass is 309 g/mol. The SMILES string of the molecule is CC(C)(C)OC(=O)N1CCC(Cn2ccc(=O)[nH]c2=O)CC1. The molecule has 7 heteroatoms. The number of H-pyrrole nitrogens is 1. The molecule has 7 nitrogen and oxygen atoms in total. The molecule has 1 N–H and O–H groups in total. The van der Waals surface area contributed by atoms with E-state index in [0.29, 0.717) is 25.6 Å². The highest BCUT2D eigenvalue weighted by molar-refractivity contribution is 5.68. The number of aromatic nitrogens is 2. The summed E-state index contributed by atoms with van der Waals surface area (Å²) in [5.74, 6) is 0.308. The summed E-state index contributed by atoms with van der Waals surface area (Å²) >= 11 is 0. The number of carbonyl (C=O) groups excluding carboxylic acids is 1. The maximum absolute atomic E-state index is 12.0. The van der Waals surface area contributed by atoms with Gasteiger partial charge in [-0.05, 0) is 39.5 Å². The van der Waals surface area contributed by atoms with Gasteiger partial charge in [0.25, 0.3) is 5.56 Å². The summed E-state index contributed by atoms with van der Waals surface area (Å²) in [6.45, 7) is 7.34. The van der Waals surface area contributed by atoms with Gasteiger partial charge in [0, 0.05) is 31.9 Å². The predicted molar refractivity (Wildman–Crippen MR) is 81.9 cm³/mol. The van der Waals surface area contributed by atoms with Crippen LogP contribution in [0.3, 0.4) is 0 Å². The Bertz CT molecular complexity index is 633. The van der Waals surface area contributed by atoms with Crippen LogP contribution in [-0.2, 0) is 11.3 Å². The van der Waals surface area contributed by atoms with Crippen molar-refractivity contribution in [3.63, 3.8) is 0 Å². The third-order valence-electron chi connectivity index (χ3n) is 3.62. The predicted octanol–water partition coefficient (Wildman–Crippen LogP) is 1.18. The van der Waals surface area contributed by atoms with Crippen LogP contribution in [0.15, 0.2) is 21.9 Å². The molecule has 0 atom stereocenters. The lowest BCUT2D eigenvalue weighted by Gasteiger charge is -2.33. The number of likely N-dealkylation sites (tertiary alicyclic amines) is 1. The van der Waals surface area contributed by atoms with Crippen LogP contribution in [0.4, 0.5) is 4.79 Å². The second-order valence-corrected chi connectivity index (χ2v) is 6.67. The highest BCUT2D eigenvalue weighted by Crippen LogP contribution is 2.20. The first-order valence-electron chi connectivity index (χ1n) is 7.52. The largest absolute Gasteiger partial charge is 0.444 e. The number of nitrogens with zero attached hydrogens (tertiary/aromatic N) is 2. The number of hydrogen-bond donors (Lipinski definition) is 1. The van der Waals surface area contributed by atoms with Crippen LogP contribution < -0.4 is 11.2 Å². The molecular weight excluding hydrogens is 286 g/mol. The number of rotatable bonds is 2. The molecule has 1 aromatic rings. The summed E-state index contributed by atoms with van der Waals surface area (Å²) in [6.07, 6.45) is 2.85. The maximum atomic E-state index is 12.0. The highest BCUT2D eigenvalue weighted by atomic mass is 16.6. The average molecular weight is 309 g/mol. The fourth-order valence-corrected chi connectivity index (χ4v) is 2.49. The molecule has 1 amide bonds. The van der Waals surface area contributed by atoms with Crippen molar-refractivity contribution in [3.8, 4) is 0 Å². The van der Waals surface area contributed by atoms with E-state index in [9.17, 15) is 14.4 Å². The average Bonchev–Trinajstić information content (AvgIpc) is 2.41. The number of ether oxygens (including phenoxy) is 1. The molecule has 0 bridgehead atoms. The molecule has 1 aliphatic rings. The van der Waals surface area contributed by atoms with Crippen molar-refractivity contribution in [2.24, 2.45) is 5.92 Å². The van der Waals surface area contributed by atoms with Crippen molar-refractivity contribution in [2.75, 3.05) is 13.1 Å². The molecule has 1 fully saturated rings. The van der Waals surface area contributed by atoms with Gasteiger partial charge in [-0.1, -0.05) is 0 Å². The molecule has 0 unspecified atom stereocenters. The van der Waals surface area contributed by atoms with Gasteiger partial charge in [-0.2, -0.15) is 0 Å². The van der Waals surface area contributed by atoms with E-state index in [-0.39, 0.29) is 17.3 Å². The first-order valence-corrected chi connectivity index (χ1v) is 7.52. The normalized spacial score (nSPS) is 16.6. The first-order chi connectivity index (χ1) is 10.2. The van der Waals surface area contributed by atoms with E-state index in [1.807, 2.05) is 20.8 Å². The zero-order valence-electron chi connectivity index (χ0n) is 13.3. The van der Waals surface area contributed by atoms with E-state index in [4.69, 9.17) is 4.74 Å². The van der Waals surface area contributed by atoms with Crippen molar-refractivity contribution in [3.05, 3.63) is 33.1 Å². The van der Waals surface area contributed by atoms with Gasteiger partial charge < -0.3 is 14.2 Å². The molecule has 0 saturated carbocycles. The van der Waals surface area contributed by atoms with Gasteiger partial charge in [0.2, 0.25) is 0 Å². The van der Waals surface area contributed by atoms with Gasteiger partial charge in [-0.3, -0.25) is 9.78 Å². The van der Waals surface area contributed by atoms with Crippen molar-refractivity contribution in [1.82, 2.24) is 14.5 Å². The molecule has 0 spiro atoms. The molecule has 122 valence electrons. The lowest BCUT2D eigenvalue weighted by molar-refractivity contribution is 0.0177. The zero-order valence-corrected chi connectivity index (χ0v) is 13.3. The Morgan fingerprint density at radius 2 is 1.95 bits per heavy atom. The molecule has 1 aromatic heterocycles. The van der Waals surface area contributed by atoms with Gasteiger partial charge in [0.05, 0.1) is 0 Å². The molecule has 2 heterocycles. The number of piperidine rings is 1. The van der Waals surface area contributed by atoms with Crippen molar-refractivity contribution >= 4 is 6.09 Å². The molecule has 1 saturated heterocycles. The topological polar surface area (TPSA) is 84.4 Å². The second kappa shape index (κ2) is 6.37. The summed E-state index contributed by atoms with van der Waals surface area (Å²) in [5.41, 5.74) is -1.26. The second-order valence-electron chi connectivity index (χ2n) is 6.67. The van der Waals surface area contributed by atoms with Gasteiger partial charge in [-0.15, -0.1) is 0 Å². The van der Waals surface area contributed by atoms with E-state index in [1.54, 1.807) is 4.90 Å². The Labute approximate surface area is 128 Å². The van der Waals surface area contributed by atoms with E-state index in [1.165, 1.54) is 16.8 Å². The van der Waals surface area contributed by atoms with Gasteiger partial charge in [0.1, 0.15) is 5.60 Å². The van der Waals surface area contributed by atoms with Crippen LogP contribution in [0.1, 0.15) is 33.6 Å². The van der Waals surface area contributed by atoms with Crippen molar-refractivity contribution < 1.29 is 9.53 Å². The van der Waals surface area contributed by atoms with Crippen LogP contribution >= 0.6 is 0 Å². The molecule has 2 rings (SSSR count). The summed E-state index contributed by atoms with van der Waals surface area (Å²) in [7, 11) is 0. The molecule has 1 aliphatic heterocycles. The quantitative estimate of drug-likeness (QED) is 0.889. The molecule has 0 radical (unpaired) electrons. The Morgan fingerprint density at radius 3 is 2.50 bits per heavy atom. The van der Waals surface area contributed by atoms with E-state index < -0.39 is 5.60 Å². The minimum absolute atomic E-state index is 0.285. The van der Waals surface area contributed by atoms with Gasteiger partial charge in [-0.25, -0.2) is 9.59 Å². The number of amides is 1. The lowest BCUT2D eigenvalue weighted by Crippen LogP contribution is -2.43. The smallest absolute Gasteiger partial charge is 0.410 e. The number of carbonyl (C=O) groups is 1. The van der Waals surface area contributed by atoms with Crippen LogP contribution in [0, 0.1) is 5.92 Å². The lowest BCUT2D eigenvalue weighted by atomic mass is 9.97. The fourth-order valence-electron chi connectivity index (χ4n) is 2.49. The first kappa shape index (κ1) is 16.3. The Morgan fingerprint density at radius 1 is 1.32 bits per heavy atom. The summed E-state index contributed by atoms with van der Waals surface area (Å²) in [4.78, 5) is 38.6. The fraction of sp³-hybridized carbons (Fsp3) is 0.667. The molecule has 0 aromatic carbocycles. The standard InChI is InChI=1S/C15H23N3O4/c1-15(2,3)22-14(21)17-7-4-11(5-8-17)10-18-9-6-12(19)16-13(18)20/h6,9,11H,4-5,7-8,10H2,1-3H3,(H,16,19,20). The van der Waals surface area contributed by atoms with Gasteiger partial charge in [0.15, 0.2) is 0 Å². The summed E-state index contributed by atoms with van der Waals surface area (Å²) < 4.78 is 6.86.